The SMILES string of the molecule is O=c1[nH]c(NS)nc2[nH]ccc12. The summed E-state index contributed by atoms with van der Waals surface area (Å²) in [6.45, 7) is 0. The van der Waals surface area contributed by atoms with E-state index in [1.807, 2.05) is 0 Å². The minimum absolute atomic E-state index is 0.183. The molecule has 2 rings (SSSR count). The number of thiol groups is 1. The molecule has 0 spiro atoms. The second-order valence-corrected chi connectivity index (χ2v) is 2.49. The Labute approximate surface area is 72.8 Å². The topological polar surface area (TPSA) is 73.6 Å². The molecule has 2 aromatic heterocycles. The highest BCUT2D eigenvalue weighted by Crippen LogP contribution is 2.05. The monoisotopic (exact) mass is 182 g/mol. The average molecular weight is 182 g/mol. The molecule has 2 heterocycles. The molecule has 5 nitrogen and oxygen atoms in total. The normalized spacial score (nSPS) is 10.4. The van der Waals surface area contributed by atoms with Gasteiger partial charge in [-0.05, 0) is 6.07 Å². The van der Waals surface area contributed by atoms with E-state index in [-0.39, 0.29) is 5.56 Å². The molecule has 0 amide bonds. The van der Waals surface area contributed by atoms with E-state index >= 15 is 0 Å². The van der Waals surface area contributed by atoms with Crippen molar-refractivity contribution in [3.63, 3.8) is 0 Å². The van der Waals surface area contributed by atoms with Crippen LogP contribution in [0.2, 0.25) is 0 Å². The van der Waals surface area contributed by atoms with E-state index in [0.717, 1.165) is 0 Å². The fourth-order valence-corrected chi connectivity index (χ4v) is 1.11. The van der Waals surface area contributed by atoms with E-state index in [2.05, 4.69) is 32.5 Å². The third-order valence-corrected chi connectivity index (χ3v) is 1.74. The molecule has 0 saturated heterocycles. The van der Waals surface area contributed by atoms with Crippen LogP contribution in [0.15, 0.2) is 17.1 Å². The van der Waals surface area contributed by atoms with Gasteiger partial charge in [0.15, 0.2) is 0 Å². The maximum absolute atomic E-state index is 11.2. The highest BCUT2D eigenvalue weighted by Gasteiger charge is 2.01. The second kappa shape index (κ2) is 2.56. The first-order chi connectivity index (χ1) is 5.81. The van der Waals surface area contributed by atoms with Gasteiger partial charge in [-0.3, -0.25) is 9.78 Å². The Kier molecular flexibility index (Phi) is 1.54. The molecule has 0 aliphatic heterocycles. The smallest absolute Gasteiger partial charge is 0.261 e. The van der Waals surface area contributed by atoms with Gasteiger partial charge in [-0.15, -0.1) is 0 Å². The zero-order valence-corrected chi connectivity index (χ0v) is 6.85. The third-order valence-electron chi connectivity index (χ3n) is 1.53. The number of rotatable bonds is 1. The fraction of sp³-hybridized carbons (Fsp3) is 0. The Hall–Kier alpha value is -1.43. The van der Waals surface area contributed by atoms with Gasteiger partial charge in [0.05, 0.1) is 5.39 Å². The van der Waals surface area contributed by atoms with Crippen LogP contribution >= 0.6 is 12.8 Å². The van der Waals surface area contributed by atoms with Gasteiger partial charge in [0.25, 0.3) is 5.56 Å². The Balaban J connectivity index is 2.84. The Bertz CT molecular complexity index is 460. The molecular formula is C6H6N4OS. The summed E-state index contributed by atoms with van der Waals surface area (Å²) in [6, 6.07) is 1.67. The maximum Gasteiger partial charge on any atom is 0.261 e. The second-order valence-electron chi connectivity index (χ2n) is 2.27. The molecule has 0 radical (unpaired) electrons. The van der Waals surface area contributed by atoms with Gasteiger partial charge in [-0.25, -0.2) is 0 Å². The molecule has 62 valence electrons. The van der Waals surface area contributed by atoms with Crippen LogP contribution in [0.5, 0.6) is 0 Å². The molecule has 0 atom stereocenters. The first-order valence-corrected chi connectivity index (χ1v) is 3.73. The molecule has 0 aliphatic carbocycles. The van der Waals surface area contributed by atoms with E-state index in [1.54, 1.807) is 12.3 Å². The molecule has 0 saturated carbocycles. The van der Waals surface area contributed by atoms with Gasteiger partial charge in [0.1, 0.15) is 5.65 Å². The molecule has 12 heavy (non-hydrogen) atoms. The van der Waals surface area contributed by atoms with E-state index in [1.165, 1.54) is 0 Å². The number of anilines is 1. The molecule has 3 N–H and O–H groups in total. The van der Waals surface area contributed by atoms with Crippen molar-refractivity contribution in [1.29, 1.82) is 0 Å². The van der Waals surface area contributed by atoms with Crippen LogP contribution in [0, 0.1) is 0 Å². The van der Waals surface area contributed by atoms with E-state index in [4.69, 9.17) is 0 Å². The summed E-state index contributed by atoms with van der Waals surface area (Å²) in [4.78, 5) is 20.6. The van der Waals surface area contributed by atoms with Crippen molar-refractivity contribution in [3.8, 4) is 0 Å². The minimum Gasteiger partial charge on any atom is -0.346 e. The molecule has 0 unspecified atom stereocenters. The number of nitrogens with one attached hydrogen (secondary N) is 3. The third kappa shape index (κ3) is 0.964. The van der Waals surface area contributed by atoms with Gasteiger partial charge in [0, 0.05) is 6.20 Å². The molecule has 0 fully saturated rings. The Morgan fingerprint density at radius 1 is 1.58 bits per heavy atom. The van der Waals surface area contributed by atoms with Crippen molar-refractivity contribution in [1.82, 2.24) is 15.0 Å². The molecule has 0 aromatic carbocycles. The lowest BCUT2D eigenvalue weighted by molar-refractivity contribution is 1.18. The highest BCUT2D eigenvalue weighted by atomic mass is 32.1. The number of hydrogen-bond acceptors (Lipinski definition) is 4. The Morgan fingerprint density at radius 2 is 2.42 bits per heavy atom. The van der Waals surface area contributed by atoms with E-state index in [9.17, 15) is 4.79 Å². The van der Waals surface area contributed by atoms with Crippen LogP contribution in [0.25, 0.3) is 11.0 Å². The first-order valence-electron chi connectivity index (χ1n) is 3.29. The van der Waals surface area contributed by atoms with Crippen molar-refractivity contribution >= 4 is 29.8 Å². The number of aromatic nitrogens is 3. The van der Waals surface area contributed by atoms with Crippen molar-refractivity contribution in [2.45, 2.75) is 0 Å². The van der Waals surface area contributed by atoms with E-state index in [0.29, 0.717) is 17.0 Å². The standard InChI is InChI=1S/C6H6N4OS/c11-5-3-1-2-7-4(3)8-6(9-5)10-12/h1-2,12H,(H3,7,8,9,10,11). The lowest BCUT2D eigenvalue weighted by atomic mass is 10.4. The lowest BCUT2D eigenvalue weighted by Gasteiger charge is -1.95. The number of fused-ring (bicyclic) bond motifs is 1. The largest absolute Gasteiger partial charge is 0.346 e. The predicted molar refractivity (Wildman–Crippen MR) is 49.3 cm³/mol. The molecule has 0 bridgehead atoms. The summed E-state index contributed by atoms with van der Waals surface area (Å²) in [5.41, 5.74) is 0.369. The van der Waals surface area contributed by atoms with Crippen LogP contribution in [-0.2, 0) is 0 Å². The maximum atomic E-state index is 11.2. The number of nitrogens with zero attached hydrogens (tertiary/aromatic N) is 1. The average Bonchev–Trinajstić information content (AvgIpc) is 2.52. The van der Waals surface area contributed by atoms with Crippen LogP contribution < -0.4 is 10.3 Å². The van der Waals surface area contributed by atoms with Gasteiger partial charge in [-0.1, -0.05) is 12.8 Å². The van der Waals surface area contributed by atoms with Gasteiger partial charge >= 0.3 is 0 Å². The van der Waals surface area contributed by atoms with Crippen LogP contribution in [0.1, 0.15) is 0 Å². The van der Waals surface area contributed by atoms with Crippen LogP contribution in [0.4, 0.5) is 5.95 Å². The quantitative estimate of drug-likeness (QED) is 0.485. The van der Waals surface area contributed by atoms with Crippen LogP contribution in [0.3, 0.4) is 0 Å². The number of hydrogen-bond donors (Lipinski definition) is 4. The summed E-state index contributed by atoms with van der Waals surface area (Å²) in [6.07, 6.45) is 1.66. The zero-order chi connectivity index (χ0) is 8.55. The summed E-state index contributed by atoms with van der Waals surface area (Å²) in [5, 5.41) is 0.544. The van der Waals surface area contributed by atoms with Gasteiger partial charge in [-0.2, -0.15) is 4.98 Å². The highest BCUT2D eigenvalue weighted by molar-refractivity contribution is 7.81. The van der Waals surface area contributed by atoms with Gasteiger partial charge in [0.2, 0.25) is 5.95 Å². The first kappa shape index (κ1) is 7.23. The van der Waals surface area contributed by atoms with Crippen LogP contribution in [-0.4, -0.2) is 15.0 Å². The zero-order valence-electron chi connectivity index (χ0n) is 5.96. The molecular weight excluding hydrogens is 176 g/mol. The summed E-state index contributed by atoms with van der Waals surface area (Å²) in [7, 11) is 0. The van der Waals surface area contributed by atoms with Crippen molar-refractivity contribution in [2.24, 2.45) is 0 Å². The number of H-pyrrole nitrogens is 2. The molecule has 6 heteroatoms. The summed E-state index contributed by atoms with van der Waals surface area (Å²) in [5.74, 6) is 0.332. The van der Waals surface area contributed by atoms with Crippen molar-refractivity contribution in [2.75, 3.05) is 4.72 Å². The van der Waals surface area contributed by atoms with Gasteiger partial charge < -0.3 is 9.71 Å². The minimum atomic E-state index is -0.183. The molecule has 0 aliphatic rings. The Morgan fingerprint density at radius 3 is 3.17 bits per heavy atom. The van der Waals surface area contributed by atoms with Crippen molar-refractivity contribution < 1.29 is 0 Å². The summed E-state index contributed by atoms with van der Waals surface area (Å²) >= 11 is 3.77. The number of aromatic amines is 2. The predicted octanol–water partition coefficient (Wildman–Crippen LogP) is 0.508. The fourth-order valence-electron chi connectivity index (χ4n) is 1.00. The lowest BCUT2D eigenvalue weighted by Crippen LogP contribution is -2.08. The van der Waals surface area contributed by atoms with Crippen molar-refractivity contribution in [3.05, 3.63) is 22.6 Å². The summed E-state index contributed by atoms with van der Waals surface area (Å²) < 4.78 is 2.46. The molecule has 2 aromatic rings. The van der Waals surface area contributed by atoms with E-state index < -0.39 is 0 Å².